The normalized spacial score (nSPS) is 18.5. The number of aromatic amines is 1. The fraction of sp³-hybridized carbons (Fsp3) is 0.714. The van der Waals surface area contributed by atoms with Gasteiger partial charge in [0.25, 0.3) is 5.95 Å². The SMILES string of the molecule is CN1CCN(c2nnc(=O)[nH]n2)CC1. The van der Waals surface area contributed by atoms with Crippen molar-refractivity contribution in [3.63, 3.8) is 0 Å². The largest absolute Gasteiger partial charge is 0.380 e. The van der Waals surface area contributed by atoms with Crippen LogP contribution in [0, 0.1) is 0 Å². The van der Waals surface area contributed by atoms with Gasteiger partial charge in [-0.2, -0.15) is 0 Å². The molecule has 7 heteroatoms. The van der Waals surface area contributed by atoms with Gasteiger partial charge >= 0.3 is 5.69 Å². The number of H-pyrrole nitrogens is 1. The Hall–Kier alpha value is -1.50. The molecule has 0 spiro atoms. The minimum atomic E-state index is -0.511. The molecule has 1 saturated heterocycles. The number of likely N-dealkylation sites (N-methyl/N-ethyl adjacent to an activating group) is 1. The fourth-order valence-corrected chi connectivity index (χ4v) is 1.37. The molecular formula is C7H12N6O. The van der Waals surface area contributed by atoms with Crippen molar-refractivity contribution in [3.05, 3.63) is 10.5 Å². The van der Waals surface area contributed by atoms with E-state index in [2.05, 4.69) is 32.3 Å². The van der Waals surface area contributed by atoms with Crippen molar-refractivity contribution in [2.75, 3.05) is 38.1 Å². The van der Waals surface area contributed by atoms with E-state index in [1.165, 1.54) is 0 Å². The van der Waals surface area contributed by atoms with Crippen molar-refractivity contribution in [1.29, 1.82) is 0 Å². The summed E-state index contributed by atoms with van der Waals surface area (Å²) < 4.78 is 0. The van der Waals surface area contributed by atoms with Gasteiger partial charge < -0.3 is 9.80 Å². The highest BCUT2D eigenvalue weighted by Crippen LogP contribution is 2.05. The van der Waals surface area contributed by atoms with E-state index in [1.807, 2.05) is 4.90 Å². The molecule has 1 fully saturated rings. The molecule has 76 valence electrons. The van der Waals surface area contributed by atoms with Crippen molar-refractivity contribution in [3.8, 4) is 0 Å². The number of rotatable bonds is 1. The van der Waals surface area contributed by atoms with E-state index in [1.54, 1.807) is 0 Å². The maximum atomic E-state index is 10.6. The molecule has 0 unspecified atom stereocenters. The Morgan fingerprint density at radius 1 is 1.21 bits per heavy atom. The molecule has 1 aliphatic rings. The van der Waals surface area contributed by atoms with E-state index in [0.717, 1.165) is 26.2 Å². The molecule has 0 aliphatic carbocycles. The molecule has 14 heavy (non-hydrogen) atoms. The lowest BCUT2D eigenvalue weighted by molar-refractivity contribution is 0.310. The molecule has 1 N–H and O–H groups in total. The highest BCUT2D eigenvalue weighted by atomic mass is 16.1. The predicted octanol–water partition coefficient (Wildman–Crippen LogP) is -1.69. The van der Waals surface area contributed by atoms with Gasteiger partial charge in [-0.3, -0.25) is 0 Å². The minimum Gasteiger partial charge on any atom is -0.336 e. The van der Waals surface area contributed by atoms with Gasteiger partial charge in [0, 0.05) is 26.2 Å². The molecule has 1 aliphatic heterocycles. The monoisotopic (exact) mass is 196 g/mol. The van der Waals surface area contributed by atoms with Gasteiger partial charge in [0.2, 0.25) is 0 Å². The second kappa shape index (κ2) is 3.70. The number of hydrogen-bond acceptors (Lipinski definition) is 6. The van der Waals surface area contributed by atoms with Gasteiger partial charge in [0.05, 0.1) is 0 Å². The summed E-state index contributed by atoms with van der Waals surface area (Å²) in [4.78, 5) is 14.9. The first kappa shape index (κ1) is 9.07. The van der Waals surface area contributed by atoms with Gasteiger partial charge in [0.1, 0.15) is 0 Å². The summed E-state index contributed by atoms with van der Waals surface area (Å²) in [6, 6.07) is 0. The number of anilines is 1. The Bertz CT molecular complexity index is 335. The minimum absolute atomic E-state index is 0.498. The van der Waals surface area contributed by atoms with Gasteiger partial charge in [-0.25, -0.2) is 9.89 Å². The van der Waals surface area contributed by atoms with Crippen LogP contribution in [0.25, 0.3) is 0 Å². The Kier molecular flexibility index (Phi) is 2.40. The standard InChI is InChI=1S/C7H12N6O/c1-12-2-4-13(5-3-12)6-8-10-7(14)11-9-6/h2-5H2,1H3,(H,10,11,14). The summed E-state index contributed by atoms with van der Waals surface area (Å²) in [6.45, 7) is 3.68. The number of nitrogens with zero attached hydrogens (tertiary/aromatic N) is 5. The number of hydrogen-bond donors (Lipinski definition) is 1. The average molecular weight is 196 g/mol. The zero-order valence-corrected chi connectivity index (χ0v) is 7.97. The summed E-state index contributed by atoms with van der Waals surface area (Å²) in [5, 5.41) is 13.2. The third-order valence-electron chi connectivity index (χ3n) is 2.27. The molecule has 0 atom stereocenters. The van der Waals surface area contributed by atoms with E-state index in [0.29, 0.717) is 5.95 Å². The highest BCUT2D eigenvalue weighted by Gasteiger charge is 2.16. The molecule has 0 saturated carbocycles. The number of aromatic nitrogens is 4. The Morgan fingerprint density at radius 2 is 1.93 bits per heavy atom. The van der Waals surface area contributed by atoms with Crippen LogP contribution in [0.3, 0.4) is 0 Å². The second-order valence-corrected chi connectivity index (χ2v) is 3.32. The molecule has 2 rings (SSSR count). The smallest absolute Gasteiger partial charge is 0.336 e. The highest BCUT2D eigenvalue weighted by molar-refractivity contribution is 5.26. The number of nitrogens with one attached hydrogen (secondary N) is 1. The molecule has 1 aromatic rings. The first-order chi connectivity index (χ1) is 6.75. The van der Waals surface area contributed by atoms with Crippen LogP contribution in [-0.4, -0.2) is 58.5 Å². The average Bonchev–Trinajstić information content (AvgIpc) is 2.21. The van der Waals surface area contributed by atoms with Crippen LogP contribution in [0.2, 0.25) is 0 Å². The quantitative estimate of drug-likeness (QED) is 0.577. The zero-order chi connectivity index (χ0) is 9.97. The van der Waals surface area contributed by atoms with Crippen molar-refractivity contribution >= 4 is 5.95 Å². The Balaban J connectivity index is 2.08. The van der Waals surface area contributed by atoms with Gasteiger partial charge in [0.15, 0.2) is 0 Å². The Labute approximate surface area is 80.7 Å². The third kappa shape index (κ3) is 1.87. The van der Waals surface area contributed by atoms with Gasteiger partial charge in [-0.05, 0) is 7.05 Å². The second-order valence-electron chi connectivity index (χ2n) is 3.32. The lowest BCUT2D eigenvalue weighted by atomic mass is 10.3. The van der Waals surface area contributed by atoms with Gasteiger partial charge in [-0.15, -0.1) is 10.2 Å². The van der Waals surface area contributed by atoms with Crippen LogP contribution < -0.4 is 10.6 Å². The molecule has 0 aromatic carbocycles. The topological polar surface area (TPSA) is 78.0 Å². The van der Waals surface area contributed by atoms with Crippen molar-refractivity contribution in [1.82, 2.24) is 25.3 Å². The first-order valence-electron chi connectivity index (χ1n) is 4.48. The van der Waals surface area contributed by atoms with Crippen LogP contribution in [0.15, 0.2) is 4.79 Å². The van der Waals surface area contributed by atoms with E-state index in [-0.39, 0.29) is 0 Å². The van der Waals surface area contributed by atoms with E-state index in [9.17, 15) is 4.79 Å². The van der Waals surface area contributed by atoms with E-state index in [4.69, 9.17) is 0 Å². The van der Waals surface area contributed by atoms with Crippen molar-refractivity contribution in [2.45, 2.75) is 0 Å². The van der Waals surface area contributed by atoms with Crippen LogP contribution in [0.4, 0.5) is 5.95 Å². The zero-order valence-electron chi connectivity index (χ0n) is 7.97. The maximum Gasteiger partial charge on any atom is 0.380 e. The maximum absolute atomic E-state index is 10.6. The Morgan fingerprint density at radius 3 is 2.50 bits per heavy atom. The lowest BCUT2D eigenvalue weighted by Gasteiger charge is -2.31. The number of piperazine rings is 1. The molecular weight excluding hydrogens is 184 g/mol. The summed E-state index contributed by atoms with van der Waals surface area (Å²) in [5.74, 6) is 0.498. The first-order valence-corrected chi connectivity index (χ1v) is 4.48. The van der Waals surface area contributed by atoms with Crippen molar-refractivity contribution in [2.24, 2.45) is 0 Å². The summed E-state index contributed by atoms with van der Waals surface area (Å²) in [6.07, 6.45) is 0. The molecule has 0 radical (unpaired) electrons. The van der Waals surface area contributed by atoms with Crippen LogP contribution in [0.1, 0.15) is 0 Å². The molecule has 1 aromatic heterocycles. The molecule has 7 nitrogen and oxygen atoms in total. The van der Waals surface area contributed by atoms with Crippen LogP contribution >= 0.6 is 0 Å². The predicted molar refractivity (Wildman–Crippen MR) is 50.2 cm³/mol. The summed E-state index contributed by atoms with van der Waals surface area (Å²) in [5.41, 5.74) is -0.511. The van der Waals surface area contributed by atoms with E-state index >= 15 is 0 Å². The van der Waals surface area contributed by atoms with E-state index < -0.39 is 5.69 Å². The fourth-order valence-electron chi connectivity index (χ4n) is 1.37. The van der Waals surface area contributed by atoms with Gasteiger partial charge in [-0.1, -0.05) is 5.10 Å². The lowest BCUT2D eigenvalue weighted by Crippen LogP contribution is -2.45. The molecule has 0 bridgehead atoms. The molecule has 2 heterocycles. The summed E-state index contributed by atoms with van der Waals surface area (Å²) in [7, 11) is 2.07. The third-order valence-corrected chi connectivity index (χ3v) is 2.27. The summed E-state index contributed by atoms with van der Waals surface area (Å²) >= 11 is 0. The molecule has 0 amide bonds. The van der Waals surface area contributed by atoms with Crippen LogP contribution in [0.5, 0.6) is 0 Å². The van der Waals surface area contributed by atoms with Crippen molar-refractivity contribution < 1.29 is 0 Å². The van der Waals surface area contributed by atoms with Crippen LogP contribution in [-0.2, 0) is 0 Å².